The van der Waals surface area contributed by atoms with Crippen molar-refractivity contribution in [2.24, 2.45) is 0 Å². The van der Waals surface area contributed by atoms with E-state index in [0.29, 0.717) is 12.2 Å². The molecule has 0 fully saturated rings. The lowest BCUT2D eigenvalue weighted by Gasteiger charge is -2.10. The van der Waals surface area contributed by atoms with Crippen molar-refractivity contribution in [1.29, 1.82) is 0 Å². The molecule has 4 N–H and O–H groups in total. The standard InChI is InChI=1S/C13H16N4O2/c1-8-4-13-16(6-10(19)7-18)12-5-9(14)2-3-11(12)17(13)15-8/h2-5,10,18-19H,6-7,14H2,1H3. The van der Waals surface area contributed by atoms with Crippen LogP contribution in [0.4, 0.5) is 5.69 Å². The van der Waals surface area contributed by atoms with E-state index in [2.05, 4.69) is 5.10 Å². The van der Waals surface area contributed by atoms with Crippen LogP contribution in [0.15, 0.2) is 24.3 Å². The molecule has 6 heteroatoms. The Hall–Kier alpha value is -2.05. The maximum Gasteiger partial charge on any atom is 0.137 e. The molecule has 6 nitrogen and oxygen atoms in total. The first kappa shape index (κ1) is 12.0. The second kappa shape index (κ2) is 4.25. The molecular weight excluding hydrogens is 244 g/mol. The van der Waals surface area contributed by atoms with E-state index in [-0.39, 0.29) is 6.61 Å². The highest BCUT2D eigenvalue weighted by Gasteiger charge is 2.15. The van der Waals surface area contributed by atoms with Gasteiger partial charge in [0.25, 0.3) is 0 Å². The molecule has 1 unspecified atom stereocenters. The summed E-state index contributed by atoms with van der Waals surface area (Å²) in [5.41, 5.74) is 10.1. The summed E-state index contributed by atoms with van der Waals surface area (Å²) in [4.78, 5) is 0. The lowest BCUT2D eigenvalue weighted by molar-refractivity contribution is 0.0830. The summed E-state index contributed by atoms with van der Waals surface area (Å²) in [6.07, 6.45) is -0.809. The van der Waals surface area contributed by atoms with Gasteiger partial charge >= 0.3 is 0 Å². The van der Waals surface area contributed by atoms with Gasteiger partial charge in [0.2, 0.25) is 0 Å². The molecule has 19 heavy (non-hydrogen) atoms. The Morgan fingerprint density at radius 1 is 1.32 bits per heavy atom. The number of benzene rings is 1. The molecular formula is C13H16N4O2. The predicted octanol–water partition coefficient (Wildman–Crippen LogP) is 0.533. The van der Waals surface area contributed by atoms with Gasteiger partial charge in [0.05, 0.1) is 36.0 Å². The van der Waals surface area contributed by atoms with Crippen molar-refractivity contribution in [1.82, 2.24) is 14.2 Å². The number of hydrogen-bond donors (Lipinski definition) is 3. The first-order valence-electron chi connectivity index (χ1n) is 6.13. The minimum Gasteiger partial charge on any atom is -0.399 e. The van der Waals surface area contributed by atoms with E-state index < -0.39 is 6.10 Å². The van der Waals surface area contributed by atoms with E-state index in [1.165, 1.54) is 0 Å². The van der Waals surface area contributed by atoms with Crippen LogP contribution in [0.25, 0.3) is 16.7 Å². The maximum absolute atomic E-state index is 9.69. The molecule has 2 aromatic heterocycles. The smallest absolute Gasteiger partial charge is 0.137 e. The van der Waals surface area contributed by atoms with Crippen molar-refractivity contribution in [3.63, 3.8) is 0 Å². The molecule has 0 spiro atoms. The zero-order valence-electron chi connectivity index (χ0n) is 10.6. The van der Waals surface area contributed by atoms with Crippen molar-refractivity contribution in [3.8, 4) is 0 Å². The predicted molar refractivity (Wildman–Crippen MR) is 72.9 cm³/mol. The second-order valence-corrected chi connectivity index (χ2v) is 4.75. The normalized spacial score (nSPS) is 13.4. The average Bonchev–Trinajstić information content (AvgIpc) is 2.87. The van der Waals surface area contributed by atoms with E-state index in [9.17, 15) is 5.11 Å². The summed E-state index contributed by atoms with van der Waals surface area (Å²) < 4.78 is 3.75. The van der Waals surface area contributed by atoms with Crippen LogP contribution in [0, 0.1) is 6.92 Å². The third-order valence-electron chi connectivity index (χ3n) is 3.21. The largest absolute Gasteiger partial charge is 0.399 e. The van der Waals surface area contributed by atoms with Crippen LogP contribution in [0.2, 0.25) is 0 Å². The first-order chi connectivity index (χ1) is 9.10. The van der Waals surface area contributed by atoms with Gasteiger partial charge in [0.15, 0.2) is 0 Å². The van der Waals surface area contributed by atoms with Gasteiger partial charge in [-0.15, -0.1) is 0 Å². The number of rotatable bonds is 3. The lowest BCUT2D eigenvalue weighted by Crippen LogP contribution is -2.19. The van der Waals surface area contributed by atoms with Crippen molar-refractivity contribution >= 4 is 22.4 Å². The highest BCUT2D eigenvalue weighted by Crippen LogP contribution is 2.24. The molecule has 0 aliphatic carbocycles. The van der Waals surface area contributed by atoms with Gasteiger partial charge < -0.3 is 20.5 Å². The molecule has 1 aromatic carbocycles. The van der Waals surface area contributed by atoms with E-state index >= 15 is 0 Å². The van der Waals surface area contributed by atoms with Crippen LogP contribution < -0.4 is 5.73 Å². The third-order valence-corrected chi connectivity index (χ3v) is 3.21. The number of aryl methyl sites for hydroxylation is 1. The summed E-state index contributed by atoms with van der Waals surface area (Å²) in [6, 6.07) is 7.53. The number of aliphatic hydroxyl groups is 2. The number of imidazole rings is 1. The number of fused-ring (bicyclic) bond motifs is 3. The van der Waals surface area contributed by atoms with Crippen LogP contribution >= 0.6 is 0 Å². The molecule has 0 saturated heterocycles. The number of anilines is 1. The summed E-state index contributed by atoms with van der Waals surface area (Å²) in [5, 5.41) is 23.2. The number of nitrogens with zero attached hydrogens (tertiary/aromatic N) is 3. The van der Waals surface area contributed by atoms with Crippen LogP contribution in [-0.4, -0.2) is 37.1 Å². The molecule has 100 valence electrons. The van der Waals surface area contributed by atoms with Crippen molar-refractivity contribution in [2.45, 2.75) is 19.6 Å². The number of nitrogens with two attached hydrogens (primary N) is 1. The molecule has 0 aliphatic rings. The Labute approximate surface area is 109 Å². The number of aliphatic hydroxyl groups excluding tert-OH is 2. The number of aromatic nitrogens is 3. The fraction of sp³-hybridized carbons (Fsp3) is 0.308. The third kappa shape index (κ3) is 1.85. The Kier molecular flexibility index (Phi) is 2.69. The minimum absolute atomic E-state index is 0.277. The molecule has 1 atom stereocenters. The van der Waals surface area contributed by atoms with Gasteiger partial charge in [-0.25, -0.2) is 4.52 Å². The van der Waals surface area contributed by atoms with E-state index in [1.54, 1.807) is 0 Å². The van der Waals surface area contributed by atoms with E-state index in [0.717, 1.165) is 22.4 Å². The highest BCUT2D eigenvalue weighted by molar-refractivity contribution is 5.84. The molecule has 2 heterocycles. The van der Waals surface area contributed by atoms with Gasteiger partial charge in [-0.1, -0.05) is 0 Å². The van der Waals surface area contributed by atoms with Crippen LogP contribution in [0.1, 0.15) is 5.69 Å². The Balaban J connectivity index is 2.31. The van der Waals surface area contributed by atoms with Crippen LogP contribution in [-0.2, 0) is 6.54 Å². The zero-order valence-corrected chi connectivity index (χ0v) is 10.6. The SMILES string of the molecule is Cc1cc2n(CC(O)CO)c3cc(N)ccc3n2n1. The summed E-state index contributed by atoms with van der Waals surface area (Å²) in [7, 11) is 0. The van der Waals surface area contributed by atoms with Gasteiger partial charge in [0, 0.05) is 11.8 Å². The number of nitrogen functional groups attached to an aromatic ring is 1. The fourth-order valence-electron chi connectivity index (χ4n) is 2.37. The summed E-state index contributed by atoms with van der Waals surface area (Å²) in [5.74, 6) is 0. The molecule has 0 amide bonds. The van der Waals surface area contributed by atoms with Gasteiger partial charge in [-0.3, -0.25) is 0 Å². The molecule has 0 bridgehead atoms. The fourth-order valence-corrected chi connectivity index (χ4v) is 2.37. The quantitative estimate of drug-likeness (QED) is 0.599. The molecule has 0 radical (unpaired) electrons. The highest BCUT2D eigenvalue weighted by atomic mass is 16.3. The topological polar surface area (TPSA) is 88.7 Å². The number of hydrogen-bond acceptors (Lipinski definition) is 4. The van der Waals surface area contributed by atoms with Crippen molar-refractivity contribution in [3.05, 3.63) is 30.0 Å². The Morgan fingerprint density at radius 3 is 2.84 bits per heavy atom. The minimum atomic E-state index is -0.809. The first-order valence-corrected chi connectivity index (χ1v) is 6.13. The summed E-state index contributed by atoms with van der Waals surface area (Å²) in [6.45, 7) is 1.95. The lowest BCUT2D eigenvalue weighted by atomic mass is 10.2. The van der Waals surface area contributed by atoms with Gasteiger partial charge in [-0.2, -0.15) is 5.10 Å². The van der Waals surface area contributed by atoms with Crippen LogP contribution in [0.3, 0.4) is 0 Å². The van der Waals surface area contributed by atoms with Crippen molar-refractivity contribution in [2.75, 3.05) is 12.3 Å². The molecule has 3 aromatic rings. The average molecular weight is 260 g/mol. The second-order valence-electron chi connectivity index (χ2n) is 4.75. The monoisotopic (exact) mass is 260 g/mol. The summed E-state index contributed by atoms with van der Waals surface area (Å²) >= 11 is 0. The maximum atomic E-state index is 9.69. The van der Waals surface area contributed by atoms with Crippen LogP contribution in [0.5, 0.6) is 0 Å². The van der Waals surface area contributed by atoms with Gasteiger partial charge in [0.1, 0.15) is 5.65 Å². The Bertz CT molecular complexity index is 744. The van der Waals surface area contributed by atoms with Gasteiger partial charge in [-0.05, 0) is 25.1 Å². The molecule has 3 rings (SSSR count). The van der Waals surface area contributed by atoms with E-state index in [4.69, 9.17) is 10.8 Å². The molecule has 0 aliphatic heterocycles. The molecule has 0 saturated carbocycles. The van der Waals surface area contributed by atoms with Crippen molar-refractivity contribution < 1.29 is 10.2 Å². The van der Waals surface area contributed by atoms with E-state index in [1.807, 2.05) is 40.3 Å². The zero-order chi connectivity index (χ0) is 13.6. The Morgan fingerprint density at radius 2 is 2.11 bits per heavy atom.